The molecular weight excluding hydrogens is 532 g/mol. The number of carboxylic acid groups (broad SMARTS) is 2. The first-order chi connectivity index (χ1) is 18.1. The molecule has 4 aromatic carbocycles. The third kappa shape index (κ3) is 5.52. The lowest BCUT2D eigenvalue weighted by atomic mass is 10.1. The predicted octanol–water partition coefficient (Wildman–Crippen LogP) is 3.47. The number of rotatable bonds is 10. The van der Waals surface area contributed by atoms with Crippen LogP contribution >= 0.6 is 0 Å². The molecule has 38 heavy (non-hydrogen) atoms. The summed E-state index contributed by atoms with van der Waals surface area (Å²) >= 11 is -2.95. The second-order valence-corrected chi connectivity index (χ2v) is 10.8. The number of hydrogen-bond donors (Lipinski definition) is 2. The first kappa shape index (κ1) is 26.8. The molecule has 0 amide bonds. The molecule has 1 unspecified atom stereocenters. The molecule has 1 atom stereocenters. The first-order valence-corrected chi connectivity index (χ1v) is 13.6. The Morgan fingerprint density at radius 1 is 0.711 bits per heavy atom. The van der Waals surface area contributed by atoms with Crippen molar-refractivity contribution in [1.82, 2.24) is 0 Å². The highest BCUT2D eigenvalue weighted by atomic mass is 32.2. The van der Waals surface area contributed by atoms with Crippen molar-refractivity contribution in [2.24, 2.45) is 0 Å². The Hall–Kier alpha value is -4.26. The monoisotopic (exact) mass is 553 g/mol. The van der Waals surface area contributed by atoms with Gasteiger partial charge in [-0.1, -0.05) is 66.7 Å². The first-order valence-electron chi connectivity index (χ1n) is 11.1. The number of anilines is 2. The van der Waals surface area contributed by atoms with Crippen LogP contribution in [0.15, 0.2) is 95.9 Å². The zero-order chi connectivity index (χ0) is 27.4. The van der Waals surface area contributed by atoms with Crippen LogP contribution in [0.4, 0.5) is 11.4 Å². The lowest BCUT2D eigenvalue weighted by Gasteiger charge is -2.29. The molecule has 12 heteroatoms. The van der Waals surface area contributed by atoms with Crippen LogP contribution in [0.1, 0.15) is 0 Å². The van der Waals surface area contributed by atoms with Gasteiger partial charge in [-0.05, 0) is 35.4 Å². The minimum absolute atomic E-state index is 0.0000275. The Morgan fingerprint density at radius 3 is 1.76 bits per heavy atom. The van der Waals surface area contributed by atoms with Gasteiger partial charge in [-0.3, -0.25) is 22.4 Å². The van der Waals surface area contributed by atoms with Crippen molar-refractivity contribution in [3.63, 3.8) is 0 Å². The molecule has 0 fully saturated rings. The van der Waals surface area contributed by atoms with Gasteiger partial charge in [-0.15, -0.1) is 0 Å². The Bertz CT molecular complexity index is 1620. The minimum Gasteiger partial charge on any atom is -0.755 e. The van der Waals surface area contributed by atoms with Crippen LogP contribution in [0.2, 0.25) is 0 Å². The topological polar surface area (TPSA) is 155 Å². The molecule has 0 saturated carbocycles. The Labute approximate surface area is 220 Å². The number of fused-ring (bicyclic) bond motifs is 1. The van der Waals surface area contributed by atoms with E-state index in [1.807, 2.05) is 30.3 Å². The highest BCUT2D eigenvalue weighted by Gasteiger charge is 2.29. The fourth-order valence-corrected chi connectivity index (χ4v) is 6.01. The molecule has 0 radical (unpaired) electrons. The van der Waals surface area contributed by atoms with Gasteiger partial charge in [0.05, 0.1) is 16.3 Å². The number of carboxylic acids is 2. The molecule has 196 valence electrons. The van der Waals surface area contributed by atoms with Gasteiger partial charge in [-0.2, -0.15) is 0 Å². The van der Waals surface area contributed by atoms with Gasteiger partial charge in [-0.25, -0.2) is 8.42 Å². The quantitative estimate of drug-likeness (QED) is 0.283. The standard InChI is InChI=1S/C26H22N2O8S2/c29-25(30)16-27(37(33)34)23-14-15-24(22-9-5-4-8-21(22)23)28(17-26(31)32)38(35,36)20-12-10-19(11-13-20)18-6-2-1-3-7-18/h1-15H,16-17H2,(H,29,30)(H,31,32)(H,33,34)/p-1. The van der Waals surface area contributed by atoms with E-state index in [4.69, 9.17) is 5.11 Å². The summed E-state index contributed by atoms with van der Waals surface area (Å²) in [5.41, 5.74) is 1.64. The van der Waals surface area contributed by atoms with E-state index in [1.54, 1.807) is 24.3 Å². The van der Waals surface area contributed by atoms with Crippen LogP contribution in [0, 0.1) is 0 Å². The van der Waals surface area contributed by atoms with Crippen molar-refractivity contribution in [2.75, 3.05) is 21.7 Å². The number of carbonyl (C=O) groups is 2. The van der Waals surface area contributed by atoms with Crippen LogP contribution in [0.3, 0.4) is 0 Å². The molecule has 10 nitrogen and oxygen atoms in total. The number of aliphatic carboxylic acids is 2. The number of benzene rings is 4. The highest BCUT2D eigenvalue weighted by molar-refractivity contribution is 7.92. The summed E-state index contributed by atoms with van der Waals surface area (Å²) in [6.07, 6.45) is 0. The lowest BCUT2D eigenvalue weighted by Crippen LogP contribution is -2.36. The Morgan fingerprint density at radius 2 is 1.21 bits per heavy atom. The molecule has 4 aromatic rings. The molecule has 0 saturated heterocycles. The van der Waals surface area contributed by atoms with E-state index in [0.717, 1.165) is 15.4 Å². The van der Waals surface area contributed by atoms with Crippen LogP contribution in [-0.2, 0) is 30.9 Å². The normalized spacial score (nSPS) is 12.1. The summed E-state index contributed by atoms with van der Waals surface area (Å²) in [6.45, 7) is -1.76. The van der Waals surface area contributed by atoms with E-state index < -0.39 is 46.3 Å². The molecule has 0 aromatic heterocycles. The fourth-order valence-electron chi connectivity index (χ4n) is 4.04. The average Bonchev–Trinajstić information content (AvgIpc) is 2.90. The van der Waals surface area contributed by atoms with Gasteiger partial charge >= 0.3 is 11.9 Å². The van der Waals surface area contributed by atoms with Gasteiger partial charge in [0.2, 0.25) is 0 Å². The van der Waals surface area contributed by atoms with Gasteiger partial charge in [0.15, 0.2) is 0 Å². The predicted molar refractivity (Wildman–Crippen MR) is 142 cm³/mol. The van der Waals surface area contributed by atoms with Crippen molar-refractivity contribution >= 4 is 55.4 Å². The van der Waals surface area contributed by atoms with Gasteiger partial charge in [0.25, 0.3) is 10.0 Å². The smallest absolute Gasteiger partial charge is 0.324 e. The maximum absolute atomic E-state index is 13.7. The molecular formula is C26H21N2O8S2-. The van der Waals surface area contributed by atoms with Crippen LogP contribution in [0.25, 0.3) is 21.9 Å². The summed E-state index contributed by atoms with van der Waals surface area (Å²) < 4.78 is 52.4. The second-order valence-electron chi connectivity index (χ2n) is 8.09. The fraction of sp³-hybridized carbons (Fsp3) is 0.0769. The summed E-state index contributed by atoms with van der Waals surface area (Å²) in [7, 11) is -4.38. The highest BCUT2D eigenvalue weighted by Crippen LogP contribution is 2.37. The van der Waals surface area contributed by atoms with E-state index in [2.05, 4.69) is 0 Å². The summed E-state index contributed by atoms with van der Waals surface area (Å²) in [6, 6.07) is 24.0. The number of hydrogen-bond acceptors (Lipinski definition) is 6. The Balaban J connectivity index is 1.84. The molecule has 0 aliphatic carbocycles. The van der Waals surface area contributed by atoms with Crippen molar-refractivity contribution in [3.05, 3.63) is 91.0 Å². The zero-order valence-corrected chi connectivity index (χ0v) is 21.3. The van der Waals surface area contributed by atoms with E-state index >= 15 is 0 Å². The average molecular weight is 554 g/mol. The molecule has 0 bridgehead atoms. The van der Waals surface area contributed by atoms with Gasteiger partial charge < -0.3 is 14.8 Å². The van der Waals surface area contributed by atoms with E-state index in [1.165, 1.54) is 36.4 Å². The van der Waals surface area contributed by atoms with Crippen LogP contribution in [0.5, 0.6) is 0 Å². The second kappa shape index (κ2) is 11.0. The van der Waals surface area contributed by atoms with Crippen molar-refractivity contribution in [3.8, 4) is 11.1 Å². The molecule has 0 spiro atoms. The van der Waals surface area contributed by atoms with E-state index in [0.29, 0.717) is 4.31 Å². The van der Waals surface area contributed by atoms with Crippen molar-refractivity contribution in [2.45, 2.75) is 4.90 Å². The van der Waals surface area contributed by atoms with Crippen LogP contribution < -0.4 is 8.61 Å². The number of nitrogens with zero attached hydrogens (tertiary/aromatic N) is 2. The van der Waals surface area contributed by atoms with E-state index in [-0.39, 0.29) is 27.0 Å². The molecule has 2 N–H and O–H groups in total. The zero-order valence-electron chi connectivity index (χ0n) is 19.6. The Kier molecular flexibility index (Phi) is 7.76. The largest absolute Gasteiger partial charge is 0.755 e. The minimum atomic E-state index is -4.38. The van der Waals surface area contributed by atoms with Crippen molar-refractivity contribution in [1.29, 1.82) is 0 Å². The molecule has 0 heterocycles. The molecule has 4 rings (SSSR count). The summed E-state index contributed by atoms with van der Waals surface area (Å²) in [5, 5.41) is 19.2. The maximum atomic E-state index is 13.7. The molecule has 0 aliphatic heterocycles. The van der Waals surface area contributed by atoms with Crippen LogP contribution in [-0.4, -0.2) is 52.4 Å². The third-order valence-corrected chi connectivity index (χ3v) is 8.16. The SMILES string of the molecule is O=C(O)CN(c1ccc(N(CC(=O)O)S(=O)(=O)c2ccc(-c3ccccc3)cc2)c2ccccc12)S(=O)[O-]. The van der Waals surface area contributed by atoms with E-state index in [9.17, 15) is 31.9 Å². The summed E-state index contributed by atoms with van der Waals surface area (Å²) in [5.74, 6) is -2.80. The molecule has 0 aliphatic rings. The van der Waals surface area contributed by atoms with Crippen molar-refractivity contribution < 1.29 is 37.0 Å². The third-order valence-electron chi connectivity index (χ3n) is 5.70. The maximum Gasteiger partial charge on any atom is 0.324 e. The number of sulfonamides is 1. The van der Waals surface area contributed by atoms with Gasteiger partial charge in [0, 0.05) is 22.0 Å². The lowest BCUT2D eigenvalue weighted by molar-refractivity contribution is -0.136. The van der Waals surface area contributed by atoms with Gasteiger partial charge in [0.1, 0.15) is 13.1 Å². The summed E-state index contributed by atoms with van der Waals surface area (Å²) in [4.78, 5) is 22.9.